The largest absolute Gasteiger partial charge is 0.332 e. The minimum absolute atomic E-state index is 0.0137. The van der Waals surface area contributed by atoms with Gasteiger partial charge in [-0.3, -0.25) is 9.59 Å². The number of carbonyl (C=O) groups excluding carboxylic acids is 2. The molecule has 1 atom stereocenters. The first-order chi connectivity index (χ1) is 16.0. The molecule has 3 aromatic rings. The van der Waals surface area contributed by atoms with Crippen molar-refractivity contribution in [3.8, 4) is 0 Å². The molecule has 0 spiro atoms. The molecule has 5 heteroatoms. The maximum absolute atomic E-state index is 13.5. The van der Waals surface area contributed by atoms with E-state index in [9.17, 15) is 9.59 Å². The Hall–Kier alpha value is -2.92. The standard InChI is InChI=1S/C28H34N2O2S/c1-4-22(2)30(27(31)18-16-24-11-7-5-8-12-24)21-28(32)29(19-25-13-9-6-10-14-25)20-26-17-15-23(3)33-26/h5-15,17,22H,4,16,18-21H2,1-3H3. The molecule has 0 aliphatic carbocycles. The molecule has 3 rings (SSSR count). The van der Waals surface area contributed by atoms with Crippen LogP contribution in [0.2, 0.25) is 0 Å². The van der Waals surface area contributed by atoms with E-state index in [2.05, 4.69) is 26.0 Å². The normalized spacial score (nSPS) is 11.7. The van der Waals surface area contributed by atoms with Crippen molar-refractivity contribution in [3.05, 3.63) is 93.7 Å². The van der Waals surface area contributed by atoms with Gasteiger partial charge in [-0.15, -0.1) is 11.3 Å². The Morgan fingerprint density at radius 2 is 1.48 bits per heavy atom. The number of benzene rings is 2. The summed E-state index contributed by atoms with van der Waals surface area (Å²) < 4.78 is 0. The van der Waals surface area contributed by atoms with Crippen LogP contribution in [0.3, 0.4) is 0 Å². The Kier molecular flexibility index (Phi) is 9.25. The third kappa shape index (κ3) is 7.57. The van der Waals surface area contributed by atoms with Crippen LogP contribution >= 0.6 is 11.3 Å². The Morgan fingerprint density at radius 1 is 0.848 bits per heavy atom. The summed E-state index contributed by atoms with van der Waals surface area (Å²) in [6, 6.07) is 24.3. The van der Waals surface area contributed by atoms with Crippen molar-refractivity contribution in [2.45, 2.75) is 59.2 Å². The molecule has 1 heterocycles. The summed E-state index contributed by atoms with van der Waals surface area (Å²) in [5.41, 5.74) is 2.23. The van der Waals surface area contributed by atoms with Crippen LogP contribution in [-0.4, -0.2) is 34.2 Å². The Labute approximate surface area is 201 Å². The highest BCUT2D eigenvalue weighted by Gasteiger charge is 2.25. The van der Waals surface area contributed by atoms with E-state index in [0.29, 0.717) is 25.9 Å². The van der Waals surface area contributed by atoms with Crippen molar-refractivity contribution in [1.82, 2.24) is 9.80 Å². The van der Waals surface area contributed by atoms with Gasteiger partial charge < -0.3 is 9.80 Å². The topological polar surface area (TPSA) is 40.6 Å². The smallest absolute Gasteiger partial charge is 0.242 e. The third-order valence-corrected chi connectivity index (χ3v) is 6.92. The molecule has 0 aliphatic rings. The predicted octanol–water partition coefficient (Wildman–Crippen LogP) is 5.85. The van der Waals surface area contributed by atoms with Gasteiger partial charge in [-0.1, -0.05) is 67.6 Å². The number of nitrogens with zero attached hydrogens (tertiary/aromatic N) is 2. The molecule has 4 nitrogen and oxygen atoms in total. The molecule has 33 heavy (non-hydrogen) atoms. The third-order valence-electron chi connectivity index (χ3n) is 5.93. The predicted molar refractivity (Wildman–Crippen MR) is 136 cm³/mol. The van der Waals surface area contributed by atoms with Crippen LogP contribution in [0, 0.1) is 6.92 Å². The minimum Gasteiger partial charge on any atom is -0.332 e. The van der Waals surface area contributed by atoms with Gasteiger partial charge in [-0.2, -0.15) is 0 Å². The van der Waals surface area contributed by atoms with E-state index in [1.165, 1.54) is 4.88 Å². The lowest BCUT2D eigenvalue weighted by Gasteiger charge is -2.31. The number of hydrogen-bond donors (Lipinski definition) is 0. The van der Waals surface area contributed by atoms with Crippen LogP contribution in [0.4, 0.5) is 0 Å². The van der Waals surface area contributed by atoms with Gasteiger partial charge in [0, 0.05) is 28.8 Å². The van der Waals surface area contributed by atoms with Gasteiger partial charge in [0.1, 0.15) is 6.54 Å². The monoisotopic (exact) mass is 462 g/mol. The Morgan fingerprint density at radius 3 is 2.06 bits per heavy atom. The fraction of sp³-hybridized carbons (Fsp3) is 0.357. The van der Waals surface area contributed by atoms with Gasteiger partial charge in [0.15, 0.2) is 0 Å². The van der Waals surface area contributed by atoms with Gasteiger partial charge in [0.2, 0.25) is 11.8 Å². The van der Waals surface area contributed by atoms with Crippen molar-refractivity contribution in [2.75, 3.05) is 6.54 Å². The quantitative estimate of drug-likeness (QED) is 0.359. The molecule has 0 fully saturated rings. The average molecular weight is 463 g/mol. The molecular weight excluding hydrogens is 428 g/mol. The van der Waals surface area contributed by atoms with E-state index >= 15 is 0 Å². The van der Waals surface area contributed by atoms with Gasteiger partial charge >= 0.3 is 0 Å². The molecule has 174 valence electrons. The lowest BCUT2D eigenvalue weighted by atomic mass is 10.1. The second-order valence-corrected chi connectivity index (χ2v) is 9.88. The lowest BCUT2D eigenvalue weighted by Crippen LogP contribution is -2.46. The molecule has 0 aliphatic heterocycles. The lowest BCUT2D eigenvalue weighted by molar-refractivity contribution is -0.143. The maximum Gasteiger partial charge on any atom is 0.242 e. The maximum atomic E-state index is 13.5. The van der Waals surface area contributed by atoms with Crippen LogP contribution in [-0.2, 0) is 29.1 Å². The van der Waals surface area contributed by atoms with Crippen LogP contribution in [0.25, 0.3) is 0 Å². The fourth-order valence-corrected chi connectivity index (χ4v) is 4.70. The summed E-state index contributed by atoms with van der Waals surface area (Å²) >= 11 is 1.71. The second kappa shape index (κ2) is 12.4. The first-order valence-electron chi connectivity index (χ1n) is 11.7. The number of thiophene rings is 1. The minimum atomic E-state index is -0.0155. The number of aryl methyl sites for hydroxylation is 2. The van der Waals surface area contributed by atoms with Crippen molar-refractivity contribution in [3.63, 3.8) is 0 Å². The van der Waals surface area contributed by atoms with Gasteiger partial charge in [-0.25, -0.2) is 0 Å². The van der Waals surface area contributed by atoms with Crippen molar-refractivity contribution < 1.29 is 9.59 Å². The number of hydrogen-bond acceptors (Lipinski definition) is 3. The van der Waals surface area contributed by atoms with Gasteiger partial charge in [-0.05, 0) is 49.9 Å². The van der Waals surface area contributed by atoms with Crippen molar-refractivity contribution in [1.29, 1.82) is 0 Å². The van der Waals surface area contributed by atoms with Crippen LogP contribution in [0.15, 0.2) is 72.8 Å². The number of carbonyl (C=O) groups is 2. The summed E-state index contributed by atoms with van der Waals surface area (Å²) in [6.07, 6.45) is 1.90. The summed E-state index contributed by atoms with van der Waals surface area (Å²) in [7, 11) is 0. The van der Waals surface area contributed by atoms with Gasteiger partial charge in [0.05, 0.1) is 6.54 Å². The molecule has 0 saturated carbocycles. The highest BCUT2D eigenvalue weighted by atomic mass is 32.1. The first-order valence-corrected chi connectivity index (χ1v) is 12.5. The van der Waals surface area contributed by atoms with Crippen LogP contribution in [0.5, 0.6) is 0 Å². The molecule has 0 bridgehead atoms. The molecule has 1 unspecified atom stereocenters. The zero-order valence-corrected chi connectivity index (χ0v) is 20.7. The van der Waals surface area contributed by atoms with E-state index in [0.717, 1.165) is 22.4 Å². The van der Waals surface area contributed by atoms with E-state index in [1.807, 2.05) is 72.5 Å². The van der Waals surface area contributed by atoms with E-state index in [4.69, 9.17) is 0 Å². The Balaban J connectivity index is 1.72. The van der Waals surface area contributed by atoms with E-state index in [-0.39, 0.29) is 24.4 Å². The first kappa shape index (κ1) is 24.7. The fourth-order valence-electron chi connectivity index (χ4n) is 3.79. The molecule has 0 radical (unpaired) electrons. The van der Waals surface area contributed by atoms with E-state index in [1.54, 1.807) is 16.2 Å². The average Bonchev–Trinajstić information content (AvgIpc) is 3.25. The van der Waals surface area contributed by atoms with Crippen LogP contribution in [0.1, 0.15) is 47.6 Å². The zero-order chi connectivity index (χ0) is 23.6. The molecule has 2 aromatic carbocycles. The van der Waals surface area contributed by atoms with Crippen molar-refractivity contribution in [2.24, 2.45) is 0 Å². The number of amides is 2. The van der Waals surface area contributed by atoms with Gasteiger partial charge in [0.25, 0.3) is 0 Å². The molecular formula is C28H34N2O2S. The summed E-state index contributed by atoms with van der Waals surface area (Å²) in [5, 5.41) is 0. The highest BCUT2D eigenvalue weighted by Crippen LogP contribution is 2.19. The highest BCUT2D eigenvalue weighted by molar-refractivity contribution is 7.11. The van der Waals surface area contributed by atoms with E-state index < -0.39 is 0 Å². The molecule has 1 aromatic heterocycles. The summed E-state index contributed by atoms with van der Waals surface area (Å²) in [4.78, 5) is 32.7. The van der Waals surface area contributed by atoms with Crippen LogP contribution < -0.4 is 0 Å². The number of rotatable bonds is 11. The summed E-state index contributed by atoms with van der Waals surface area (Å²) in [5.74, 6) is 0.0199. The molecule has 2 amide bonds. The molecule has 0 N–H and O–H groups in total. The van der Waals surface area contributed by atoms with Crippen molar-refractivity contribution >= 4 is 23.2 Å². The Bertz CT molecular complexity index is 1020. The SMILES string of the molecule is CCC(C)N(CC(=O)N(Cc1ccccc1)Cc1ccc(C)s1)C(=O)CCc1ccccc1. The molecule has 0 saturated heterocycles. The zero-order valence-electron chi connectivity index (χ0n) is 19.9. The second-order valence-electron chi connectivity index (χ2n) is 8.51. The summed E-state index contributed by atoms with van der Waals surface area (Å²) in [6.45, 7) is 7.36.